The zero-order chi connectivity index (χ0) is 21.4. The molecule has 1 amide bonds. The Balaban J connectivity index is 2.23. The van der Waals surface area contributed by atoms with E-state index in [-0.39, 0.29) is 24.1 Å². The molecule has 29 heavy (non-hydrogen) atoms. The summed E-state index contributed by atoms with van der Waals surface area (Å²) in [5, 5.41) is 3.18. The van der Waals surface area contributed by atoms with Crippen LogP contribution in [0.25, 0.3) is 0 Å². The number of amides is 1. The largest absolute Gasteiger partial charge is 0.493 e. The van der Waals surface area contributed by atoms with E-state index in [1.54, 1.807) is 7.11 Å². The first-order valence-corrected chi connectivity index (χ1v) is 10.3. The lowest BCUT2D eigenvalue weighted by Crippen LogP contribution is -2.41. The van der Waals surface area contributed by atoms with Crippen LogP contribution in [0, 0.1) is 0 Å². The number of benzene rings is 2. The second-order valence-electron chi connectivity index (χ2n) is 7.34. The van der Waals surface area contributed by atoms with E-state index < -0.39 is 0 Å². The van der Waals surface area contributed by atoms with Gasteiger partial charge in [0.1, 0.15) is 6.04 Å². The van der Waals surface area contributed by atoms with Crippen molar-refractivity contribution < 1.29 is 14.3 Å². The molecule has 2 aromatic rings. The quantitative estimate of drug-likeness (QED) is 0.628. The Kier molecular flexibility index (Phi) is 8.52. The average molecular weight is 399 g/mol. The summed E-state index contributed by atoms with van der Waals surface area (Å²) in [7, 11) is 1.63. The molecule has 158 valence electrons. The van der Waals surface area contributed by atoms with Gasteiger partial charge in [0, 0.05) is 0 Å². The topological polar surface area (TPSA) is 50.8 Å². The van der Waals surface area contributed by atoms with Gasteiger partial charge in [-0.25, -0.2) is 0 Å². The number of methoxy groups -OCH3 is 1. The summed E-state index contributed by atoms with van der Waals surface area (Å²) in [5.74, 6) is 1.37. The Morgan fingerprint density at radius 2 is 1.62 bits per heavy atom. The van der Waals surface area contributed by atoms with Crippen LogP contribution in [0.3, 0.4) is 0 Å². The maximum Gasteiger partial charge on any atom is 0.242 e. The maximum atomic E-state index is 13.2. The van der Waals surface area contributed by atoms with Crippen molar-refractivity contribution in [3.8, 4) is 11.5 Å². The molecule has 0 aliphatic heterocycles. The zero-order valence-electron chi connectivity index (χ0n) is 18.4. The highest BCUT2D eigenvalue weighted by molar-refractivity contribution is 5.83. The minimum atomic E-state index is -0.320. The van der Waals surface area contributed by atoms with Crippen LogP contribution in [-0.2, 0) is 4.79 Å². The van der Waals surface area contributed by atoms with E-state index in [1.165, 1.54) is 0 Å². The molecule has 0 heterocycles. The Morgan fingerprint density at radius 1 is 0.966 bits per heavy atom. The van der Waals surface area contributed by atoms with Gasteiger partial charge in [0.25, 0.3) is 0 Å². The minimum absolute atomic E-state index is 0.00567. The van der Waals surface area contributed by atoms with E-state index in [2.05, 4.69) is 24.1 Å². The SMILES string of the molecule is CCN(CC)C(C(=O)NC(C)c1ccc(OC(C)C)c(OC)c1)c1ccccc1. The Morgan fingerprint density at radius 3 is 2.17 bits per heavy atom. The van der Waals surface area contributed by atoms with Crippen molar-refractivity contribution in [3.63, 3.8) is 0 Å². The van der Waals surface area contributed by atoms with Gasteiger partial charge >= 0.3 is 0 Å². The van der Waals surface area contributed by atoms with Crippen molar-refractivity contribution in [1.29, 1.82) is 0 Å². The van der Waals surface area contributed by atoms with Gasteiger partial charge in [0.05, 0.1) is 19.3 Å². The number of ether oxygens (including phenoxy) is 2. The van der Waals surface area contributed by atoms with Gasteiger partial charge in [-0.15, -0.1) is 0 Å². The molecule has 0 saturated heterocycles. The van der Waals surface area contributed by atoms with Crippen LogP contribution in [-0.4, -0.2) is 37.1 Å². The number of carbonyl (C=O) groups is 1. The number of hydrogen-bond donors (Lipinski definition) is 1. The molecule has 0 aliphatic carbocycles. The molecule has 2 unspecified atom stereocenters. The third-order valence-electron chi connectivity index (χ3n) is 4.95. The lowest BCUT2D eigenvalue weighted by Gasteiger charge is -2.30. The highest BCUT2D eigenvalue weighted by Crippen LogP contribution is 2.31. The fourth-order valence-electron chi connectivity index (χ4n) is 3.43. The van der Waals surface area contributed by atoms with Gasteiger partial charge in [0.15, 0.2) is 11.5 Å². The normalized spacial score (nSPS) is 13.2. The molecule has 0 aliphatic rings. The Bertz CT molecular complexity index is 773. The second kappa shape index (κ2) is 10.9. The van der Waals surface area contributed by atoms with Gasteiger partial charge in [-0.3, -0.25) is 9.69 Å². The van der Waals surface area contributed by atoms with Crippen LogP contribution in [0.2, 0.25) is 0 Å². The van der Waals surface area contributed by atoms with E-state index in [4.69, 9.17) is 9.47 Å². The predicted octanol–water partition coefficient (Wildman–Crippen LogP) is 4.74. The van der Waals surface area contributed by atoms with Gasteiger partial charge in [-0.1, -0.05) is 50.2 Å². The van der Waals surface area contributed by atoms with Crippen LogP contribution in [0.4, 0.5) is 0 Å². The summed E-state index contributed by atoms with van der Waals surface area (Å²) in [5.41, 5.74) is 1.97. The molecule has 0 saturated carbocycles. The average Bonchev–Trinajstić information content (AvgIpc) is 2.72. The third-order valence-corrected chi connectivity index (χ3v) is 4.95. The van der Waals surface area contributed by atoms with E-state index in [0.29, 0.717) is 11.5 Å². The molecule has 2 atom stereocenters. The molecule has 0 fully saturated rings. The van der Waals surface area contributed by atoms with Gasteiger partial charge < -0.3 is 14.8 Å². The Hall–Kier alpha value is -2.53. The van der Waals surface area contributed by atoms with Crippen molar-refractivity contribution in [3.05, 3.63) is 59.7 Å². The number of carbonyl (C=O) groups excluding carboxylic acids is 1. The van der Waals surface area contributed by atoms with E-state index in [1.807, 2.05) is 69.3 Å². The lowest BCUT2D eigenvalue weighted by molar-refractivity contribution is -0.127. The number of nitrogens with one attached hydrogen (secondary N) is 1. The third kappa shape index (κ3) is 5.97. The predicted molar refractivity (Wildman–Crippen MR) is 117 cm³/mol. The number of likely N-dealkylation sites (N-methyl/N-ethyl adjacent to an activating group) is 1. The van der Waals surface area contributed by atoms with E-state index in [0.717, 1.165) is 24.2 Å². The smallest absolute Gasteiger partial charge is 0.242 e. The number of rotatable bonds is 10. The Labute approximate surface area is 175 Å². The summed E-state index contributed by atoms with van der Waals surface area (Å²) in [6, 6.07) is 15.2. The monoisotopic (exact) mass is 398 g/mol. The highest BCUT2D eigenvalue weighted by atomic mass is 16.5. The van der Waals surface area contributed by atoms with E-state index >= 15 is 0 Å². The van der Waals surface area contributed by atoms with Gasteiger partial charge in [-0.2, -0.15) is 0 Å². The van der Waals surface area contributed by atoms with Crippen molar-refractivity contribution in [2.24, 2.45) is 0 Å². The van der Waals surface area contributed by atoms with Crippen LogP contribution in [0.1, 0.15) is 57.8 Å². The molecule has 5 nitrogen and oxygen atoms in total. The number of hydrogen-bond acceptors (Lipinski definition) is 4. The molecule has 1 N–H and O–H groups in total. The van der Waals surface area contributed by atoms with Crippen LogP contribution in [0.15, 0.2) is 48.5 Å². The van der Waals surface area contributed by atoms with Crippen LogP contribution < -0.4 is 14.8 Å². The van der Waals surface area contributed by atoms with Crippen molar-refractivity contribution in [2.75, 3.05) is 20.2 Å². The maximum absolute atomic E-state index is 13.2. The van der Waals surface area contributed by atoms with Crippen molar-refractivity contribution in [2.45, 2.75) is 52.8 Å². The van der Waals surface area contributed by atoms with Crippen molar-refractivity contribution >= 4 is 5.91 Å². The van der Waals surface area contributed by atoms with E-state index in [9.17, 15) is 4.79 Å². The zero-order valence-corrected chi connectivity index (χ0v) is 18.4. The number of nitrogens with zero attached hydrogens (tertiary/aromatic N) is 1. The van der Waals surface area contributed by atoms with Crippen molar-refractivity contribution in [1.82, 2.24) is 10.2 Å². The summed E-state index contributed by atoms with van der Waals surface area (Å²) >= 11 is 0. The molecule has 0 bridgehead atoms. The molecular weight excluding hydrogens is 364 g/mol. The summed E-state index contributed by atoms with van der Waals surface area (Å²) < 4.78 is 11.3. The first-order valence-electron chi connectivity index (χ1n) is 10.3. The first-order chi connectivity index (χ1) is 13.9. The highest BCUT2D eigenvalue weighted by Gasteiger charge is 2.27. The molecule has 0 aromatic heterocycles. The fraction of sp³-hybridized carbons (Fsp3) is 0.458. The molecule has 0 spiro atoms. The summed E-state index contributed by atoms with van der Waals surface area (Å²) in [6.45, 7) is 11.7. The second-order valence-corrected chi connectivity index (χ2v) is 7.34. The first kappa shape index (κ1) is 22.8. The van der Waals surface area contributed by atoms with Crippen LogP contribution >= 0.6 is 0 Å². The fourth-order valence-corrected chi connectivity index (χ4v) is 3.43. The molecular formula is C24H34N2O3. The van der Waals surface area contributed by atoms with Crippen LogP contribution in [0.5, 0.6) is 11.5 Å². The molecule has 5 heteroatoms. The van der Waals surface area contributed by atoms with Gasteiger partial charge in [-0.05, 0) is 57.1 Å². The summed E-state index contributed by atoms with van der Waals surface area (Å²) in [6.07, 6.45) is 0.0626. The standard InChI is InChI=1S/C24H34N2O3/c1-7-26(8-2)23(19-12-10-9-11-13-19)24(27)25-18(5)20-14-15-21(29-17(3)4)22(16-20)28-6/h9-18,23H,7-8H2,1-6H3,(H,25,27). The molecule has 2 rings (SSSR count). The lowest BCUT2D eigenvalue weighted by atomic mass is 10.0. The summed E-state index contributed by atoms with van der Waals surface area (Å²) in [4.78, 5) is 15.4. The van der Waals surface area contributed by atoms with Gasteiger partial charge in [0.2, 0.25) is 5.91 Å². The molecule has 0 radical (unpaired) electrons. The minimum Gasteiger partial charge on any atom is -0.493 e. The molecule has 2 aromatic carbocycles.